The normalized spacial score (nSPS) is 11.5. The number of carboxylic acids is 1. The number of carbonyl (C=O) groups excluding carboxylic acids is 2. The van der Waals surface area contributed by atoms with Crippen LogP contribution >= 0.6 is 11.7 Å². The number of carboxylic acid groups (broad SMARTS) is 1. The summed E-state index contributed by atoms with van der Waals surface area (Å²) in [5, 5.41) is 12.4. The fourth-order valence-electron chi connectivity index (χ4n) is 3.64. The van der Waals surface area contributed by atoms with Crippen LogP contribution in [0.1, 0.15) is 32.6 Å². The van der Waals surface area contributed by atoms with Crippen molar-refractivity contribution in [2.24, 2.45) is 0 Å². The van der Waals surface area contributed by atoms with Crippen molar-refractivity contribution in [2.75, 3.05) is 7.11 Å². The smallest absolute Gasteiger partial charge is 0.545 e. The number of allylic oxidation sites excluding steroid dienone is 1. The van der Waals surface area contributed by atoms with Crippen molar-refractivity contribution in [3.05, 3.63) is 94.1 Å². The zero-order valence-corrected chi connectivity index (χ0v) is 22.2. The molecular weight excluding hydrogens is 459 g/mol. The molecule has 4 rings (SSSR count). The summed E-state index contributed by atoms with van der Waals surface area (Å²) in [5.41, 5.74) is 4.79. The number of benzene rings is 3. The number of fused-ring (bicyclic) bond motifs is 1. The summed E-state index contributed by atoms with van der Waals surface area (Å²) in [5.74, 6) is -1.10. The zero-order valence-electron chi connectivity index (χ0n) is 19.4. The number of nitrogens with zero attached hydrogens (tertiary/aromatic N) is 2. The number of rotatable bonds is 7. The number of aryl methyl sites for hydroxylation is 2. The molecule has 166 valence electrons. The van der Waals surface area contributed by atoms with Gasteiger partial charge in [0.1, 0.15) is 16.8 Å². The van der Waals surface area contributed by atoms with Gasteiger partial charge in [-0.2, -0.15) is 8.75 Å². The molecular formula is C26H21N2NaO4S. The van der Waals surface area contributed by atoms with Gasteiger partial charge in [0.25, 0.3) is 0 Å². The molecule has 1 aromatic heterocycles. The summed E-state index contributed by atoms with van der Waals surface area (Å²) in [4.78, 5) is 26.1. The number of hydrogen-bond donors (Lipinski definition) is 0. The molecule has 0 N–H and O–H groups in total. The molecule has 0 amide bonds. The molecule has 0 bridgehead atoms. The Labute approximate surface area is 223 Å². The van der Waals surface area contributed by atoms with Crippen LogP contribution < -0.4 is 39.4 Å². The van der Waals surface area contributed by atoms with E-state index in [1.54, 1.807) is 49.6 Å². The summed E-state index contributed by atoms with van der Waals surface area (Å²) in [6.45, 7) is 3.88. The van der Waals surface area contributed by atoms with E-state index in [0.717, 1.165) is 28.4 Å². The van der Waals surface area contributed by atoms with Gasteiger partial charge in [0.15, 0.2) is 5.78 Å². The van der Waals surface area contributed by atoms with Gasteiger partial charge >= 0.3 is 29.6 Å². The molecule has 0 spiro atoms. The van der Waals surface area contributed by atoms with Crippen molar-refractivity contribution in [2.45, 2.75) is 20.3 Å². The predicted molar refractivity (Wildman–Crippen MR) is 126 cm³/mol. The molecule has 0 saturated heterocycles. The van der Waals surface area contributed by atoms with E-state index in [0.29, 0.717) is 27.9 Å². The fraction of sp³-hybridized carbons (Fsp3) is 0.154. The summed E-state index contributed by atoms with van der Waals surface area (Å²) >= 11 is 1.04. The fourth-order valence-corrected chi connectivity index (χ4v) is 4.16. The first kappa shape index (κ1) is 25.8. The Morgan fingerprint density at radius 1 is 0.882 bits per heavy atom. The molecule has 0 unspecified atom stereocenters. The Morgan fingerprint density at radius 3 is 2.21 bits per heavy atom. The second-order valence-electron chi connectivity index (χ2n) is 7.76. The first-order chi connectivity index (χ1) is 15.9. The summed E-state index contributed by atoms with van der Waals surface area (Å²) in [7, 11) is 1.57. The van der Waals surface area contributed by atoms with Crippen LogP contribution in [0.25, 0.3) is 16.6 Å². The first-order valence-electron chi connectivity index (χ1n) is 10.3. The van der Waals surface area contributed by atoms with Gasteiger partial charge in [-0.05, 0) is 66.4 Å². The van der Waals surface area contributed by atoms with Crippen LogP contribution in [0.2, 0.25) is 0 Å². The van der Waals surface area contributed by atoms with Gasteiger partial charge in [-0.15, -0.1) is 0 Å². The summed E-state index contributed by atoms with van der Waals surface area (Å²) < 4.78 is 13.6. The number of hydrogen-bond acceptors (Lipinski definition) is 7. The third-order valence-corrected chi connectivity index (χ3v) is 6.19. The second kappa shape index (κ2) is 11.1. The number of aromatic nitrogens is 2. The second-order valence-corrected chi connectivity index (χ2v) is 8.29. The number of Topliss-reactive ketones (excluding diaryl/α,β-unsaturated/α-hetero) is 1. The quantitative estimate of drug-likeness (QED) is 0.222. The van der Waals surface area contributed by atoms with Crippen molar-refractivity contribution < 1.29 is 49.0 Å². The van der Waals surface area contributed by atoms with E-state index in [4.69, 9.17) is 4.74 Å². The Kier molecular flexibility index (Phi) is 8.38. The van der Waals surface area contributed by atoms with Crippen molar-refractivity contribution in [3.63, 3.8) is 0 Å². The van der Waals surface area contributed by atoms with E-state index < -0.39 is 5.97 Å². The van der Waals surface area contributed by atoms with Crippen LogP contribution in [0.3, 0.4) is 0 Å². The number of aliphatic carboxylic acids is 1. The zero-order chi connectivity index (χ0) is 23.5. The van der Waals surface area contributed by atoms with Gasteiger partial charge in [-0.3, -0.25) is 4.79 Å². The van der Waals surface area contributed by atoms with Crippen molar-refractivity contribution in [1.29, 1.82) is 0 Å². The number of carbonyl (C=O) groups is 2. The van der Waals surface area contributed by atoms with Crippen LogP contribution in [0.5, 0.6) is 5.75 Å². The first-order valence-corrected chi connectivity index (χ1v) is 11.0. The van der Waals surface area contributed by atoms with Crippen LogP contribution in [0.15, 0.2) is 66.2 Å². The Hall–Kier alpha value is -2.84. The molecule has 4 aromatic rings. The maximum absolute atomic E-state index is 13.7. The molecule has 0 aliphatic rings. The van der Waals surface area contributed by atoms with Gasteiger partial charge in [-0.25, -0.2) is 0 Å². The van der Waals surface area contributed by atoms with E-state index >= 15 is 0 Å². The number of ether oxygens (including phenoxy) is 1. The molecule has 1 heterocycles. The van der Waals surface area contributed by atoms with Gasteiger partial charge in [0, 0.05) is 23.1 Å². The van der Waals surface area contributed by atoms with Crippen LogP contribution in [-0.4, -0.2) is 27.6 Å². The molecule has 34 heavy (non-hydrogen) atoms. The maximum Gasteiger partial charge on any atom is 1.00 e. The minimum atomic E-state index is -1.42. The third-order valence-electron chi connectivity index (χ3n) is 5.63. The summed E-state index contributed by atoms with van der Waals surface area (Å²) in [6, 6.07) is 17.5. The Balaban J connectivity index is 0.00000324. The molecule has 8 heteroatoms. The SMILES string of the molecule is COc1ccc(C/C(C(=O)c2ccc(C)c(C)c2)=C(\C(=O)[O-])c2ccc3nsnc3c2)cc1.[Na+]. The molecule has 0 aliphatic carbocycles. The van der Waals surface area contributed by atoms with Crippen molar-refractivity contribution in [3.8, 4) is 5.75 Å². The maximum atomic E-state index is 13.7. The van der Waals surface area contributed by atoms with Gasteiger partial charge < -0.3 is 14.6 Å². The van der Waals surface area contributed by atoms with E-state index in [-0.39, 0.29) is 52.9 Å². The average Bonchev–Trinajstić information content (AvgIpc) is 3.28. The molecule has 0 aliphatic heterocycles. The van der Waals surface area contributed by atoms with Crippen LogP contribution in [0.4, 0.5) is 0 Å². The molecule has 6 nitrogen and oxygen atoms in total. The Bertz CT molecular complexity index is 1390. The minimum absolute atomic E-state index is 0. The third kappa shape index (κ3) is 5.45. The number of methoxy groups -OCH3 is 1. The largest absolute Gasteiger partial charge is 1.00 e. The van der Waals surface area contributed by atoms with E-state index in [2.05, 4.69) is 8.75 Å². The molecule has 0 atom stereocenters. The minimum Gasteiger partial charge on any atom is -0.545 e. The summed E-state index contributed by atoms with van der Waals surface area (Å²) in [6.07, 6.45) is 0.117. The molecule has 3 aromatic carbocycles. The Morgan fingerprint density at radius 2 is 1.56 bits per heavy atom. The number of ketones is 1. The monoisotopic (exact) mass is 480 g/mol. The van der Waals surface area contributed by atoms with Gasteiger partial charge in [0.05, 0.1) is 24.8 Å². The van der Waals surface area contributed by atoms with Gasteiger partial charge in [0.2, 0.25) is 0 Å². The predicted octanol–water partition coefficient (Wildman–Crippen LogP) is 0.950. The molecule has 0 fully saturated rings. The van der Waals surface area contributed by atoms with Crippen molar-refractivity contribution in [1.82, 2.24) is 8.75 Å². The van der Waals surface area contributed by atoms with Crippen molar-refractivity contribution >= 4 is 40.1 Å². The van der Waals surface area contributed by atoms with Crippen LogP contribution in [0, 0.1) is 13.8 Å². The molecule has 0 radical (unpaired) electrons. The standard InChI is InChI=1S/C26H22N2O4S.Na/c1-15-4-7-19(12-16(15)2)25(29)21(13-17-5-9-20(32-3)10-6-17)24(26(30)31)18-8-11-22-23(14-18)28-33-27-22;/h4-12,14H,13H2,1-3H3,(H,30,31);/q;+1/p-1/b24-21+;. The van der Waals surface area contributed by atoms with E-state index in [9.17, 15) is 14.7 Å². The molecule has 0 saturated carbocycles. The van der Waals surface area contributed by atoms with E-state index in [1.165, 1.54) is 0 Å². The van der Waals surface area contributed by atoms with Crippen LogP contribution in [-0.2, 0) is 11.2 Å². The van der Waals surface area contributed by atoms with Gasteiger partial charge in [-0.1, -0.05) is 30.3 Å². The average molecular weight is 481 g/mol. The van der Waals surface area contributed by atoms with E-state index in [1.807, 2.05) is 32.0 Å². The topological polar surface area (TPSA) is 92.2 Å².